The monoisotopic (exact) mass is 277 g/mol. The van der Waals surface area contributed by atoms with Crippen molar-refractivity contribution in [2.75, 3.05) is 7.05 Å². The number of ether oxygens (including phenoxy) is 1. The van der Waals surface area contributed by atoms with Gasteiger partial charge in [0.1, 0.15) is 17.2 Å². The lowest BCUT2D eigenvalue weighted by molar-refractivity contribution is -0.109. The van der Waals surface area contributed by atoms with Crippen LogP contribution in [-0.2, 0) is 4.79 Å². The lowest BCUT2D eigenvalue weighted by Gasteiger charge is -2.17. The van der Waals surface area contributed by atoms with Gasteiger partial charge >= 0.3 is 0 Å². The zero-order chi connectivity index (χ0) is 14.8. The summed E-state index contributed by atoms with van der Waals surface area (Å²) >= 11 is 0. The van der Waals surface area contributed by atoms with E-state index in [0.29, 0.717) is 17.0 Å². The molecule has 3 nitrogen and oxygen atoms in total. The SMILES string of the molecule is CN=C1C=CC=C/C(=C2\C=Cc3cc(C)ccc3O2)C1=O. The zero-order valence-electron chi connectivity index (χ0n) is 12.0. The van der Waals surface area contributed by atoms with Gasteiger partial charge in [0.2, 0.25) is 5.78 Å². The van der Waals surface area contributed by atoms with Crippen molar-refractivity contribution in [1.29, 1.82) is 0 Å². The maximum Gasteiger partial charge on any atom is 0.214 e. The van der Waals surface area contributed by atoms with Gasteiger partial charge in [-0.15, -0.1) is 0 Å². The predicted molar refractivity (Wildman–Crippen MR) is 84.5 cm³/mol. The molecule has 1 aromatic rings. The maximum atomic E-state index is 12.4. The molecule has 2 aliphatic rings. The third-order valence-corrected chi connectivity index (χ3v) is 3.41. The summed E-state index contributed by atoms with van der Waals surface area (Å²) in [6, 6.07) is 5.97. The van der Waals surface area contributed by atoms with Crippen molar-refractivity contribution in [3.63, 3.8) is 0 Å². The number of rotatable bonds is 0. The first-order valence-corrected chi connectivity index (χ1v) is 6.76. The van der Waals surface area contributed by atoms with Crippen molar-refractivity contribution in [3.05, 3.63) is 71.0 Å². The Labute approximate surface area is 123 Å². The zero-order valence-corrected chi connectivity index (χ0v) is 12.0. The molecule has 3 heteroatoms. The Morgan fingerprint density at radius 1 is 1.05 bits per heavy atom. The van der Waals surface area contributed by atoms with Crippen LogP contribution >= 0.6 is 0 Å². The van der Waals surface area contributed by atoms with Crippen LogP contribution in [0, 0.1) is 6.92 Å². The van der Waals surface area contributed by atoms with Crippen LogP contribution in [0.2, 0.25) is 0 Å². The van der Waals surface area contributed by atoms with Gasteiger partial charge in [0.25, 0.3) is 0 Å². The van der Waals surface area contributed by atoms with E-state index in [1.165, 1.54) is 5.56 Å². The molecule has 0 amide bonds. The number of hydrogen-bond acceptors (Lipinski definition) is 3. The highest BCUT2D eigenvalue weighted by Crippen LogP contribution is 2.30. The third-order valence-electron chi connectivity index (χ3n) is 3.41. The van der Waals surface area contributed by atoms with Gasteiger partial charge in [-0.25, -0.2) is 0 Å². The molecule has 0 aromatic heterocycles. The predicted octanol–water partition coefficient (Wildman–Crippen LogP) is 3.42. The minimum Gasteiger partial charge on any atom is -0.456 e. The van der Waals surface area contributed by atoms with Crippen molar-refractivity contribution in [3.8, 4) is 5.75 Å². The molecule has 104 valence electrons. The van der Waals surface area contributed by atoms with Crippen molar-refractivity contribution in [1.82, 2.24) is 0 Å². The van der Waals surface area contributed by atoms with E-state index in [0.717, 1.165) is 11.3 Å². The van der Waals surface area contributed by atoms with Gasteiger partial charge in [0.15, 0.2) is 0 Å². The summed E-state index contributed by atoms with van der Waals surface area (Å²) < 4.78 is 5.88. The number of carbonyl (C=O) groups excluding carboxylic acids is 1. The minimum absolute atomic E-state index is 0.127. The average Bonchev–Trinajstić information content (AvgIpc) is 2.68. The lowest BCUT2D eigenvalue weighted by Crippen LogP contribution is -2.16. The Hall–Kier alpha value is -2.68. The van der Waals surface area contributed by atoms with E-state index in [9.17, 15) is 4.79 Å². The first-order valence-electron chi connectivity index (χ1n) is 6.76. The van der Waals surface area contributed by atoms with Crippen LogP contribution in [0.15, 0.2) is 64.9 Å². The molecular formula is C18H15NO2. The molecule has 0 atom stereocenters. The van der Waals surface area contributed by atoms with Gasteiger partial charge in [-0.05, 0) is 43.4 Å². The molecule has 0 saturated heterocycles. The van der Waals surface area contributed by atoms with Gasteiger partial charge in [-0.1, -0.05) is 23.8 Å². The third kappa shape index (κ3) is 2.50. The number of aryl methyl sites for hydroxylation is 1. The normalized spacial score (nSPS) is 22.2. The summed E-state index contributed by atoms with van der Waals surface area (Å²) in [4.78, 5) is 16.5. The van der Waals surface area contributed by atoms with Gasteiger partial charge in [-0.3, -0.25) is 9.79 Å². The number of Topliss-reactive ketones (excluding diaryl/α,β-unsaturated/α-hetero) is 1. The molecule has 0 unspecified atom stereocenters. The van der Waals surface area contributed by atoms with Crippen LogP contribution in [-0.4, -0.2) is 18.5 Å². The van der Waals surface area contributed by atoms with E-state index < -0.39 is 0 Å². The summed E-state index contributed by atoms with van der Waals surface area (Å²) in [7, 11) is 1.61. The summed E-state index contributed by atoms with van der Waals surface area (Å²) in [5, 5.41) is 0. The molecular weight excluding hydrogens is 262 g/mol. The molecule has 0 spiro atoms. The molecule has 1 heterocycles. The second-order valence-electron chi connectivity index (χ2n) is 4.91. The lowest BCUT2D eigenvalue weighted by atomic mass is 10.0. The van der Waals surface area contributed by atoms with Gasteiger partial charge in [0.05, 0.1) is 5.57 Å². The highest BCUT2D eigenvalue weighted by molar-refractivity contribution is 6.50. The highest BCUT2D eigenvalue weighted by Gasteiger charge is 2.20. The Morgan fingerprint density at radius 3 is 2.67 bits per heavy atom. The van der Waals surface area contributed by atoms with E-state index >= 15 is 0 Å². The fourth-order valence-electron chi connectivity index (χ4n) is 2.31. The van der Waals surface area contributed by atoms with Gasteiger partial charge in [0, 0.05) is 12.6 Å². The second kappa shape index (κ2) is 5.37. The second-order valence-corrected chi connectivity index (χ2v) is 4.91. The quantitative estimate of drug-likeness (QED) is 0.681. The summed E-state index contributed by atoms with van der Waals surface area (Å²) in [6.07, 6.45) is 10.9. The molecule has 3 rings (SSSR count). The molecule has 0 N–H and O–H groups in total. The van der Waals surface area contributed by atoms with E-state index in [4.69, 9.17) is 4.74 Å². The first-order chi connectivity index (χ1) is 10.2. The van der Waals surface area contributed by atoms with E-state index in [1.54, 1.807) is 25.3 Å². The fourth-order valence-corrected chi connectivity index (χ4v) is 2.31. The number of ketones is 1. The van der Waals surface area contributed by atoms with Crippen molar-refractivity contribution < 1.29 is 9.53 Å². The Kier molecular flexibility index (Phi) is 3.40. The number of fused-ring (bicyclic) bond motifs is 1. The number of benzene rings is 1. The first kappa shape index (κ1) is 13.3. The average molecular weight is 277 g/mol. The highest BCUT2D eigenvalue weighted by atomic mass is 16.5. The van der Waals surface area contributed by atoms with Gasteiger partial charge < -0.3 is 4.74 Å². The number of nitrogens with zero attached hydrogens (tertiary/aromatic N) is 1. The van der Waals surface area contributed by atoms with Crippen molar-refractivity contribution in [2.45, 2.75) is 6.92 Å². The minimum atomic E-state index is -0.127. The molecule has 21 heavy (non-hydrogen) atoms. The summed E-state index contributed by atoms with van der Waals surface area (Å²) in [5.41, 5.74) is 3.14. The van der Waals surface area contributed by atoms with Crippen LogP contribution in [0.4, 0.5) is 0 Å². The Balaban J connectivity index is 2.05. The summed E-state index contributed by atoms with van der Waals surface area (Å²) in [6.45, 7) is 2.04. The molecule has 0 saturated carbocycles. The Morgan fingerprint density at radius 2 is 1.86 bits per heavy atom. The van der Waals surface area contributed by atoms with Crippen LogP contribution in [0.25, 0.3) is 6.08 Å². The van der Waals surface area contributed by atoms with Crippen molar-refractivity contribution >= 4 is 17.6 Å². The number of allylic oxidation sites excluding steroid dienone is 6. The van der Waals surface area contributed by atoms with Crippen LogP contribution < -0.4 is 4.74 Å². The van der Waals surface area contributed by atoms with E-state index in [-0.39, 0.29) is 5.78 Å². The number of hydrogen-bond donors (Lipinski definition) is 0. The van der Waals surface area contributed by atoms with E-state index in [1.807, 2.05) is 37.3 Å². The smallest absolute Gasteiger partial charge is 0.214 e. The maximum absolute atomic E-state index is 12.4. The molecule has 0 fully saturated rings. The van der Waals surface area contributed by atoms with Gasteiger partial charge in [-0.2, -0.15) is 0 Å². The van der Waals surface area contributed by atoms with Crippen LogP contribution in [0.3, 0.4) is 0 Å². The van der Waals surface area contributed by atoms with Crippen LogP contribution in [0.5, 0.6) is 5.75 Å². The van der Waals surface area contributed by atoms with Crippen molar-refractivity contribution in [2.24, 2.45) is 4.99 Å². The van der Waals surface area contributed by atoms with E-state index in [2.05, 4.69) is 11.1 Å². The molecule has 1 aliphatic heterocycles. The number of carbonyl (C=O) groups is 1. The van der Waals surface area contributed by atoms with Crippen LogP contribution in [0.1, 0.15) is 11.1 Å². The Bertz CT molecular complexity index is 761. The molecule has 0 radical (unpaired) electrons. The molecule has 1 aromatic carbocycles. The fraction of sp³-hybridized carbons (Fsp3) is 0.111. The largest absolute Gasteiger partial charge is 0.456 e. The standard InChI is InChI=1S/C18H15NO2/c1-12-7-9-16-13(11-12)8-10-17(21-16)14-5-3-4-6-15(19-2)18(14)20/h3-11H,1-2H3/b17-14-,19-15?. The topological polar surface area (TPSA) is 38.7 Å². The molecule has 1 aliphatic carbocycles. The number of aliphatic imine (C=N–C) groups is 1. The molecule has 0 bridgehead atoms. The summed E-state index contributed by atoms with van der Waals surface area (Å²) in [5.74, 6) is 1.19.